The molecule has 0 bridgehead atoms. The van der Waals surface area contributed by atoms with Crippen LogP contribution in [0.3, 0.4) is 0 Å². The second kappa shape index (κ2) is 3.28. The Hall–Kier alpha value is -0.920. The summed E-state index contributed by atoms with van der Waals surface area (Å²) < 4.78 is 28.6. The molecular formula is C14H16F2. The van der Waals surface area contributed by atoms with Gasteiger partial charge in [0.2, 0.25) is 0 Å². The monoisotopic (exact) mass is 222 g/mol. The molecular weight excluding hydrogens is 206 g/mol. The van der Waals surface area contributed by atoms with E-state index in [-0.39, 0.29) is 6.42 Å². The van der Waals surface area contributed by atoms with Gasteiger partial charge in [0.15, 0.2) is 0 Å². The number of fused-ring (bicyclic) bond motifs is 2. The van der Waals surface area contributed by atoms with Crippen molar-refractivity contribution in [2.45, 2.75) is 49.9 Å². The number of rotatable bonds is 0. The maximum atomic E-state index is 14.3. The quantitative estimate of drug-likeness (QED) is 0.620. The molecule has 1 fully saturated rings. The molecule has 0 N–H and O–H groups in total. The lowest BCUT2D eigenvalue weighted by Gasteiger charge is -2.39. The SMILES string of the molecule is FC1(F)Cc2ccccc2C12CCCCC2. The minimum Gasteiger partial charge on any atom is -0.205 e. The van der Waals surface area contributed by atoms with Gasteiger partial charge in [-0.15, -0.1) is 0 Å². The standard InChI is InChI=1S/C14H16F2/c15-14(16)10-11-6-2-3-7-12(11)13(14)8-4-1-5-9-13/h2-3,6-7H,1,4-5,8-10H2. The van der Waals surface area contributed by atoms with Crippen LogP contribution in [0.1, 0.15) is 43.2 Å². The topological polar surface area (TPSA) is 0 Å². The maximum absolute atomic E-state index is 14.3. The van der Waals surface area contributed by atoms with Crippen molar-refractivity contribution in [2.24, 2.45) is 0 Å². The molecule has 1 saturated carbocycles. The molecule has 0 saturated heterocycles. The fourth-order valence-corrected chi connectivity index (χ4v) is 3.54. The van der Waals surface area contributed by atoms with Crippen LogP contribution in [-0.4, -0.2) is 5.92 Å². The van der Waals surface area contributed by atoms with E-state index in [4.69, 9.17) is 0 Å². The van der Waals surface area contributed by atoms with E-state index in [1.165, 1.54) is 0 Å². The minimum atomic E-state index is -2.53. The number of benzene rings is 1. The van der Waals surface area contributed by atoms with Crippen molar-refractivity contribution in [3.05, 3.63) is 35.4 Å². The maximum Gasteiger partial charge on any atom is 0.261 e. The largest absolute Gasteiger partial charge is 0.261 e. The molecule has 0 atom stereocenters. The summed E-state index contributed by atoms with van der Waals surface area (Å²) in [6, 6.07) is 7.56. The van der Waals surface area contributed by atoms with Crippen LogP contribution < -0.4 is 0 Å². The van der Waals surface area contributed by atoms with Crippen molar-refractivity contribution in [2.75, 3.05) is 0 Å². The predicted octanol–water partition coefficient (Wildman–Crippen LogP) is 4.08. The first-order valence-corrected chi connectivity index (χ1v) is 6.12. The molecule has 2 aliphatic carbocycles. The smallest absolute Gasteiger partial charge is 0.205 e. The van der Waals surface area contributed by atoms with Gasteiger partial charge in [0, 0.05) is 6.42 Å². The predicted molar refractivity (Wildman–Crippen MR) is 59.9 cm³/mol. The van der Waals surface area contributed by atoms with Gasteiger partial charge in [-0.25, -0.2) is 8.78 Å². The molecule has 0 amide bonds. The molecule has 3 rings (SSSR count). The van der Waals surface area contributed by atoms with Crippen LogP contribution in [0, 0.1) is 0 Å². The van der Waals surface area contributed by atoms with Crippen LogP contribution in [0.25, 0.3) is 0 Å². The van der Waals surface area contributed by atoms with E-state index in [1.807, 2.05) is 24.3 Å². The van der Waals surface area contributed by atoms with Gasteiger partial charge in [-0.2, -0.15) is 0 Å². The zero-order valence-electron chi connectivity index (χ0n) is 9.31. The zero-order chi connectivity index (χ0) is 11.2. The van der Waals surface area contributed by atoms with E-state index in [0.717, 1.165) is 30.4 Å². The summed E-state index contributed by atoms with van der Waals surface area (Å²) in [5, 5.41) is 0. The van der Waals surface area contributed by atoms with Gasteiger partial charge in [0.25, 0.3) is 5.92 Å². The Kier molecular flexibility index (Phi) is 2.10. The van der Waals surface area contributed by atoms with E-state index >= 15 is 0 Å². The zero-order valence-corrected chi connectivity index (χ0v) is 9.31. The van der Waals surface area contributed by atoms with Crippen molar-refractivity contribution < 1.29 is 8.78 Å². The Bertz CT molecular complexity index is 403. The molecule has 16 heavy (non-hydrogen) atoms. The second-order valence-corrected chi connectivity index (χ2v) is 5.18. The lowest BCUT2D eigenvalue weighted by molar-refractivity contribution is -0.0801. The van der Waals surface area contributed by atoms with E-state index in [0.29, 0.717) is 12.8 Å². The molecule has 0 unspecified atom stereocenters. The number of hydrogen-bond acceptors (Lipinski definition) is 0. The van der Waals surface area contributed by atoms with Gasteiger partial charge < -0.3 is 0 Å². The summed E-state index contributed by atoms with van der Waals surface area (Å²) in [6.45, 7) is 0. The lowest BCUT2D eigenvalue weighted by Crippen LogP contribution is -2.43. The number of halogens is 2. The average molecular weight is 222 g/mol. The lowest BCUT2D eigenvalue weighted by atomic mass is 9.68. The molecule has 2 aliphatic rings. The molecule has 0 radical (unpaired) electrons. The van der Waals surface area contributed by atoms with Crippen LogP contribution >= 0.6 is 0 Å². The number of hydrogen-bond donors (Lipinski definition) is 0. The van der Waals surface area contributed by atoms with Gasteiger partial charge in [-0.1, -0.05) is 43.5 Å². The van der Waals surface area contributed by atoms with Crippen molar-refractivity contribution in [1.29, 1.82) is 0 Å². The Balaban J connectivity index is 2.14. The Morgan fingerprint density at radius 3 is 2.38 bits per heavy atom. The van der Waals surface area contributed by atoms with Crippen LogP contribution in [0.4, 0.5) is 8.78 Å². The highest BCUT2D eigenvalue weighted by Crippen LogP contribution is 2.56. The molecule has 0 heterocycles. The van der Waals surface area contributed by atoms with E-state index in [2.05, 4.69) is 0 Å². The van der Waals surface area contributed by atoms with Crippen LogP contribution in [0.5, 0.6) is 0 Å². The normalized spacial score (nSPS) is 25.6. The number of alkyl halides is 2. The van der Waals surface area contributed by atoms with Gasteiger partial charge in [-0.3, -0.25) is 0 Å². The fraction of sp³-hybridized carbons (Fsp3) is 0.571. The fourth-order valence-electron chi connectivity index (χ4n) is 3.54. The van der Waals surface area contributed by atoms with Crippen LogP contribution in [0.15, 0.2) is 24.3 Å². The first-order chi connectivity index (χ1) is 7.66. The molecule has 1 aromatic carbocycles. The van der Waals surface area contributed by atoms with Crippen molar-refractivity contribution in [3.63, 3.8) is 0 Å². The van der Waals surface area contributed by atoms with Gasteiger partial charge in [0.05, 0.1) is 5.41 Å². The second-order valence-electron chi connectivity index (χ2n) is 5.18. The first-order valence-electron chi connectivity index (χ1n) is 6.12. The minimum absolute atomic E-state index is 0.0524. The highest BCUT2D eigenvalue weighted by Gasteiger charge is 2.59. The summed E-state index contributed by atoms with van der Waals surface area (Å²) in [4.78, 5) is 0. The highest BCUT2D eigenvalue weighted by atomic mass is 19.3. The van der Waals surface area contributed by atoms with E-state index in [1.54, 1.807) is 0 Å². The van der Waals surface area contributed by atoms with Gasteiger partial charge >= 0.3 is 0 Å². The van der Waals surface area contributed by atoms with Crippen molar-refractivity contribution >= 4 is 0 Å². The summed E-state index contributed by atoms with van der Waals surface area (Å²) in [6.07, 6.45) is 4.28. The Labute approximate surface area is 94.7 Å². The molecule has 1 aromatic rings. The third-order valence-electron chi connectivity index (χ3n) is 4.35. The molecule has 0 nitrogen and oxygen atoms in total. The third kappa shape index (κ3) is 1.19. The van der Waals surface area contributed by atoms with Crippen LogP contribution in [-0.2, 0) is 11.8 Å². The summed E-state index contributed by atoms with van der Waals surface area (Å²) >= 11 is 0. The molecule has 0 aliphatic heterocycles. The van der Waals surface area contributed by atoms with Gasteiger partial charge in [0.1, 0.15) is 0 Å². The van der Waals surface area contributed by atoms with Crippen molar-refractivity contribution in [3.8, 4) is 0 Å². The van der Waals surface area contributed by atoms with Gasteiger partial charge in [-0.05, 0) is 24.0 Å². The summed E-state index contributed by atoms with van der Waals surface area (Å²) in [5.74, 6) is -2.53. The Morgan fingerprint density at radius 2 is 1.62 bits per heavy atom. The van der Waals surface area contributed by atoms with E-state index < -0.39 is 11.3 Å². The molecule has 0 aromatic heterocycles. The summed E-state index contributed by atoms with van der Waals surface area (Å²) in [5.41, 5.74) is 0.969. The molecule has 1 spiro atoms. The third-order valence-corrected chi connectivity index (χ3v) is 4.35. The first kappa shape index (κ1) is 10.2. The highest BCUT2D eigenvalue weighted by molar-refractivity contribution is 5.43. The summed E-state index contributed by atoms with van der Waals surface area (Å²) in [7, 11) is 0. The van der Waals surface area contributed by atoms with Crippen molar-refractivity contribution in [1.82, 2.24) is 0 Å². The van der Waals surface area contributed by atoms with E-state index in [9.17, 15) is 8.78 Å². The van der Waals surface area contributed by atoms with Crippen LogP contribution in [0.2, 0.25) is 0 Å². The Morgan fingerprint density at radius 1 is 0.938 bits per heavy atom. The average Bonchev–Trinajstić information content (AvgIpc) is 2.49. The molecule has 86 valence electrons. The molecule has 2 heteroatoms.